The first-order valence-electron chi connectivity index (χ1n) is 5.05. The summed E-state index contributed by atoms with van der Waals surface area (Å²) in [5.41, 5.74) is 0.0829. The Kier molecular flexibility index (Phi) is 5.00. The maximum atomic E-state index is 12.1. The number of halogens is 4. The quantitative estimate of drug-likeness (QED) is 0.634. The van der Waals surface area contributed by atoms with E-state index in [-0.39, 0.29) is 17.3 Å². The van der Waals surface area contributed by atoms with Crippen molar-refractivity contribution in [2.45, 2.75) is 6.36 Å². The van der Waals surface area contributed by atoms with Gasteiger partial charge in [-0.2, -0.15) is 0 Å². The molecule has 0 aliphatic rings. The number of terminal acetylenes is 1. The van der Waals surface area contributed by atoms with Crippen molar-refractivity contribution in [2.75, 3.05) is 11.4 Å². The first-order valence-corrected chi connectivity index (χ1v) is 5.43. The van der Waals surface area contributed by atoms with Gasteiger partial charge in [0.15, 0.2) is 0 Å². The van der Waals surface area contributed by atoms with E-state index in [0.29, 0.717) is 6.29 Å². The number of anilines is 1. The van der Waals surface area contributed by atoms with E-state index in [0.717, 1.165) is 23.1 Å². The molecule has 1 rings (SSSR count). The smallest absolute Gasteiger partial charge is 0.404 e. The number of ether oxygens (including phenoxy) is 1. The normalized spacial score (nSPS) is 10.6. The van der Waals surface area contributed by atoms with Crippen molar-refractivity contribution in [1.29, 1.82) is 0 Å². The monoisotopic (exact) mass is 305 g/mol. The van der Waals surface area contributed by atoms with Gasteiger partial charge in [0.2, 0.25) is 0 Å². The number of carbonyl (C=O) groups excluding carboxylic acids is 2. The lowest BCUT2D eigenvalue weighted by molar-refractivity contribution is -0.274. The maximum absolute atomic E-state index is 12.1. The molecule has 1 aromatic carbocycles. The lowest BCUT2D eigenvalue weighted by Crippen LogP contribution is -2.31. The van der Waals surface area contributed by atoms with E-state index in [9.17, 15) is 22.8 Å². The van der Waals surface area contributed by atoms with E-state index < -0.39 is 18.0 Å². The summed E-state index contributed by atoms with van der Waals surface area (Å²) in [5.74, 6) is 0.350. The highest BCUT2D eigenvalue weighted by Crippen LogP contribution is 2.33. The Morgan fingerprint density at radius 1 is 1.50 bits per heavy atom. The van der Waals surface area contributed by atoms with Crippen LogP contribution in [0.15, 0.2) is 18.2 Å². The number of aldehydes is 1. The Morgan fingerprint density at radius 2 is 2.15 bits per heavy atom. The average Bonchev–Trinajstić information content (AvgIpc) is 2.36. The molecule has 0 aliphatic carbocycles. The molecule has 20 heavy (non-hydrogen) atoms. The summed E-state index contributed by atoms with van der Waals surface area (Å²) >= 11 is 5.62. The molecule has 8 heteroatoms. The second-order valence-electron chi connectivity index (χ2n) is 3.39. The van der Waals surface area contributed by atoms with Gasteiger partial charge in [-0.3, -0.25) is 9.69 Å². The highest BCUT2D eigenvalue weighted by molar-refractivity contribution is 6.32. The Labute approximate surface area is 117 Å². The maximum Gasteiger partial charge on any atom is 0.573 e. The van der Waals surface area contributed by atoms with Gasteiger partial charge >= 0.3 is 12.3 Å². The van der Waals surface area contributed by atoms with Crippen molar-refractivity contribution in [3.63, 3.8) is 0 Å². The van der Waals surface area contributed by atoms with Crippen molar-refractivity contribution in [1.82, 2.24) is 0 Å². The standard InChI is InChI=1S/C12H7ClF3NO3/c1-2-11(19)17(5-6-18)8-3-4-10(9(13)7-8)20-12(14,15)16/h1,3-4,6-7H,5H2. The molecule has 1 aromatic rings. The minimum atomic E-state index is -4.89. The number of rotatable bonds is 4. The van der Waals surface area contributed by atoms with Gasteiger partial charge in [-0.1, -0.05) is 11.6 Å². The second-order valence-corrected chi connectivity index (χ2v) is 3.80. The molecule has 0 N–H and O–H groups in total. The third kappa shape index (κ3) is 4.17. The van der Waals surface area contributed by atoms with Crippen LogP contribution in [0, 0.1) is 12.3 Å². The SMILES string of the molecule is C#CC(=O)N(CC=O)c1ccc(OC(F)(F)F)c(Cl)c1. The molecule has 4 nitrogen and oxygen atoms in total. The van der Waals surface area contributed by atoms with Gasteiger partial charge in [-0.05, 0) is 24.1 Å². The van der Waals surface area contributed by atoms with Crippen LogP contribution in [0.4, 0.5) is 18.9 Å². The van der Waals surface area contributed by atoms with Gasteiger partial charge in [0, 0.05) is 5.69 Å². The van der Waals surface area contributed by atoms with Gasteiger partial charge in [-0.15, -0.1) is 19.6 Å². The molecule has 0 radical (unpaired) electrons. The van der Waals surface area contributed by atoms with Crippen LogP contribution in [0.2, 0.25) is 5.02 Å². The largest absolute Gasteiger partial charge is 0.573 e. The van der Waals surface area contributed by atoms with Crippen molar-refractivity contribution in [2.24, 2.45) is 0 Å². The predicted molar refractivity (Wildman–Crippen MR) is 65.4 cm³/mol. The van der Waals surface area contributed by atoms with Gasteiger partial charge in [0.1, 0.15) is 12.0 Å². The highest BCUT2D eigenvalue weighted by Gasteiger charge is 2.32. The van der Waals surface area contributed by atoms with Gasteiger partial charge in [0.05, 0.1) is 11.6 Å². The second kappa shape index (κ2) is 6.30. The van der Waals surface area contributed by atoms with Crippen LogP contribution in [-0.4, -0.2) is 25.1 Å². The van der Waals surface area contributed by atoms with E-state index in [1.165, 1.54) is 0 Å². The van der Waals surface area contributed by atoms with Crippen molar-refractivity contribution in [3.05, 3.63) is 23.2 Å². The fraction of sp³-hybridized carbons (Fsp3) is 0.167. The third-order valence-corrected chi connectivity index (χ3v) is 2.37. The molecule has 0 spiro atoms. The molecule has 0 unspecified atom stereocenters. The van der Waals surface area contributed by atoms with Crippen LogP contribution in [-0.2, 0) is 9.59 Å². The van der Waals surface area contributed by atoms with Crippen LogP contribution in [0.25, 0.3) is 0 Å². The van der Waals surface area contributed by atoms with E-state index in [2.05, 4.69) is 4.74 Å². The fourth-order valence-corrected chi connectivity index (χ4v) is 1.54. The lowest BCUT2D eigenvalue weighted by Gasteiger charge is -2.18. The fourth-order valence-electron chi connectivity index (χ4n) is 1.32. The van der Waals surface area contributed by atoms with Crippen LogP contribution in [0.3, 0.4) is 0 Å². The number of nitrogens with zero attached hydrogens (tertiary/aromatic N) is 1. The van der Waals surface area contributed by atoms with Crippen LogP contribution in [0.1, 0.15) is 0 Å². The molecule has 0 aromatic heterocycles. The third-order valence-electron chi connectivity index (χ3n) is 2.08. The summed E-state index contributed by atoms with van der Waals surface area (Å²) in [6.45, 7) is -0.348. The Balaban J connectivity index is 3.09. The lowest BCUT2D eigenvalue weighted by atomic mass is 10.2. The molecule has 106 valence electrons. The molecule has 0 bridgehead atoms. The highest BCUT2D eigenvalue weighted by atomic mass is 35.5. The topological polar surface area (TPSA) is 46.6 Å². The molecule has 0 saturated carbocycles. The minimum Gasteiger partial charge on any atom is -0.404 e. The number of amides is 1. The molecule has 1 amide bonds. The molecule has 0 heterocycles. The number of alkyl halides is 3. The van der Waals surface area contributed by atoms with Crippen molar-refractivity contribution in [3.8, 4) is 18.1 Å². The first-order chi connectivity index (χ1) is 9.28. The number of hydrogen-bond donors (Lipinski definition) is 0. The number of hydrogen-bond acceptors (Lipinski definition) is 3. The van der Waals surface area contributed by atoms with E-state index >= 15 is 0 Å². The number of benzene rings is 1. The zero-order chi connectivity index (χ0) is 15.3. The molecular formula is C12H7ClF3NO3. The molecule has 0 aliphatic heterocycles. The van der Waals surface area contributed by atoms with Crippen LogP contribution in [0.5, 0.6) is 5.75 Å². The summed E-state index contributed by atoms with van der Waals surface area (Å²) in [6, 6.07) is 3.10. The van der Waals surface area contributed by atoms with E-state index in [4.69, 9.17) is 18.0 Å². The van der Waals surface area contributed by atoms with E-state index in [1.54, 1.807) is 5.92 Å². The summed E-state index contributed by atoms with van der Waals surface area (Å²) in [5, 5.41) is -0.374. The Bertz CT molecular complexity index is 566. The first kappa shape index (κ1) is 15.9. The molecule has 0 saturated heterocycles. The van der Waals surface area contributed by atoms with Crippen LogP contribution < -0.4 is 9.64 Å². The zero-order valence-electron chi connectivity index (χ0n) is 9.78. The minimum absolute atomic E-state index is 0.0829. The summed E-state index contributed by atoms with van der Waals surface area (Å²) < 4.78 is 39.9. The van der Waals surface area contributed by atoms with Crippen molar-refractivity contribution >= 4 is 29.5 Å². The zero-order valence-corrected chi connectivity index (χ0v) is 10.5. The number of carbonyl (C=O) groups is 2. The van der Waals surface area contributed by atoms with Crippen LogP contribution >= 0.6 is 11.6 Å². The molecular weight excluding hydrogens is 299 g/mol. The van der Waals surface area contributed by atoms with Gasteiger partial charge < -0.3 is 9.53 Å². The summed E-state index contributed by atoms with van der Waals surface area (Å²) in [6.07, 6.45) is 0.461. The average molecular weight is 306 g/mol. The van der Waals surface area contributed by atoms with Gasteiger partial charge in [0.25, 0.3) is 0 Å². The molecule has 0 atom stereocenters. The Hall–Kier alpha value is -2.20. The van der Waals surface area contributed by atoms with Crippen molar-refractivity contribution < 1.29 is 27.5 Å². The summed E-state index contributed by atoms with van der Waals surface area (Å²) in [7, 11) is 0. The van der Waals surface area contributed by atoms with E-state index in [1.807, 2.05) is 0 Å². The predicted octanol–water partition coefficient (Wildman–Crippen LogP) is 2.40. The van der Waals surface area contributed by atoms with Gasteiger partial charge in [-0.25, -0.2) is 0 Å². The molecule has 0 fully saturated rings. The Morgan fingerprint density at radius 3 is 2.60 bits per heavy atom. The summed E-state index contributed by atoms with van der Waals surface area (Å²) in [4.78, 5) is 22.8.